The minimum absolute atomic E-state index is 0.0376. The van der Waals surface area contributed by atoms with Crippen molar-refractivity contribution in [1.82, 2.24) is 14.5 Å². The fourth-order valence-electron chi connectivity index (χ4n) is 1.64. The number of aliphatic hydroxyl groups excluding tert-OH is 1. The standard InChI is InChI=1S/C12H16N4O/c1-15-6-5-14-12(15)8-16(2)11-3-4-13-10(7-11)9-17/h3-7,17H,8-9H2,1-2H3. The molecule has 0 aliphatic rings. The minimum Gasteiger partial charge on any atom is -0.390 e. The summed E-state index contributed by atoms with van der Waals surface area (Å²) in [5.41, 5.74) is 1.70. The molecule has 0 radical (unpaired) electrons. The van der Waals surface area contributed by atoms with E-state index >= 15 is 0 Å². The Labute approximate surface area is 100 Å². The second-order valence-electron chi connectivity index (χ2n) is 3.97. The second kappa shape index (κ2) is 4.97. The van der Waals surface area contributed by atoms with Crippen LogP contribution < -0.4 is 4.90 Å². The quantitative estimate of drug-likeness (QED) is 0.852. The molecule has 0 bridgehead atoms. The lowest BCUT2D eigenvalue weighted by Gasteiger charge is -2.19. The summed E-state index contributed by atoms with van der Waals surface area (Å²) in [6.07, 6.45) is 5.42. The highest BCUT2D eigenvalue weighted by Gasteiger charge is 2.06. The van der Waals surface area contributed by atoms with E-state index in [2.05, 4.69) is 14.9 Å². The molecule has 0 saturated carbocycles. The average molecular weight is 232 g/mol. The van der Waals surface area contributed by atoms with Crippen molar-refractivity contribution in [2.45, 2.75) is 13.2 Å². The van der Waals surface area contributed by atoms with Gasteiger partial charge in [-0.3, -0.25) is 4.98 Å². The molecule has 2 aromatic rings. The molecule has 0 amide bonds. The number of hydrogen-bond acceptors (Lipinski definition) is 4. The molecule has 2 aromatic heterocycles. The number of aromatic nitrogens is 3. The van der Waals surface area contributed by atoms with Gasteiger partial charge in [-0.25, -0.2) is 4.98 Å². The fraction of sp³-hybridized carbons (Fsp3) is 0.333. The molecule has 0 saturated heterocycles. The molecule has 90 valence electrons. The fourth-order valence-corrected chi connectivity index (χ4v) is 1.64. The first kappa shape index (κ1) is 11.6. The summed E-state index contributed by atoms with van der Waals surface area (Å²) >= 11 is 0. The first-order valence-electron chi connectivity index (χ1n) is 5.44. The van der Waals surface area contributed by atoms with E-state index in [0.29, 0.717) is 5.69 Å². The van der Waals surface area contributed by atoms with Gasteiger partial charge >= 0.3 is 0 Å². The lowest BCUT2D eigenvalue weighted by atomic mass is 10.3. The molecule has 0 unspecified atom stereocenters. The zero-order valence-electron chi connectivity index (χ0n) is 10.0. The number of anilines is 1. The Morgan fingerprint density at radius 1 is 1.35 bits per heavy atom. The maximum Gasteiger partial charge on any atom is 0.127 e. The van der Waals surface area contributed by atoms with Crippen LogP contribution in [0.3, 0.4) is 0 Å². The van der Waals surface area contributed by atoms with Crippen molar-refractivity contribution >= 4 is 5.69 Å². The van der Waals surface area contributed by atoms with Crippen molar-refractivity contribution in [2.75, 3.05) is 11.9 Å². The van der Waals surface area contributed by atoms with E-state index in [0.717, 1.165) is 18.1 Å². The van der Waals surface area contributed by atoms with Crippen LogP contribution in [0.5, 0.6) is 0 Å². The van der Waals surface area contributed by atoms with Crippen molar-refractivity contribution in [3.63, 3.8) is 0 Å². The van der Waals surface area contributed by atoms with Crippen LogP contribution in [0.15, 0.2) is 30.7 Å². The molecule has 5 heteroatoms. The lowest BCUT2D eigenvalue weighted by molar-refractivity contribution is 0.277. The summed E-state index contributed by atoms with van der Waals surface area (Å²) < 4.78 is 1.99. The Kier molecular flexibility index (Phi) is 3.39. The number of nitrogens with zero attached hydrogens (tertiary/aromatic N) is 4. The van der Waals surface area contributed by atoms with Gasteiger partial charge in [-0.2, -0.15) is 0 Å². The Balaban J connectivity index is 2.14. The van der Waals surface area contributed by atoms with Gasteiger partial charge in [0.25, 0.3) is 0 Å². The molecule has 17 heavy (non-hydrogen) atoms. The number of imidazole rings is 1. The van der Waals surface area contributed by atoms with E-state index in [1.165, 1.54) is 0 Å². The predicted octanol–water partition coefficient (Wildman–Crippen LogP) is 0.944. The Bertz CT molecular complexity index is 495. The third kappa shape index (κ3) is 2.62. The van der Waals surface area contributed by atoms with Crippen LogP contribution in [-0.2, 0) is 20.2 Å². The largest absolute Gasteiger partial charge is 0.390 e. The van der Waals surface area contributed by atoms with Crippen LogP contribution in [0.25, 0.3) is 0 Å². The lowest BCUT2D eigenvalue weighted by Crippen LogP contribution is -2.19. The summed E-state index contributed by atoms with van der Waals surface area (Å²) in [6.45, 7) is 0.683. The monoisotopic (exact) mass is 232 g/mol. The SMILES string of the molecule is CN(Cc1nccn1C)c1ccnc(CO)c1. The van der Waals surface area contributed by atoms with Crippen LogP contribution in [0.4, 0.5) is 5.69 Å². The molecule has 0 aromatic carbocycles. The molecule has 2 rings (SSSR count). The van der Waals surface area contributed by atoms with E-state index < -0.39 is 0 Å². The van der Waals surface area contributed by atoms with Gasteiger partial charge in [-0.05, 0) is 12.1 Å². The smallest absolute Gasteiger partial charge is 0.127 e. The molecular formula is C12H16N4O. The predicted molar refractivity (Wildman–Crippen MR) is 65.5 cm³/mol. The zero-order chi connectivity index (χ0) is 12.3. The van der Waals surface area contributed by atoms with Gasteiger partial charge < -0.3 is 14.6 Å². The van der Waals surface area contributed by atoms with Gasteiger partial charge in [0.05, 0.1) is 18.8 Å². The molecule has 0 atom stereocenters. The van der Waals surface area contributed by atoms with E-state index in [4.69, 9.17) is 5.11 Å². The van der Waals surface area contributed by atoms with Crippen LogP contribution in [0.1, 0.15) is 11.5 Å². The third-order valence-corrected chi connectivity index (χ3v) is 2.70. The summed E-state index contributed by atoms with van der Waals surface area (Å²) in [4.78, 5) is 10.4. The number of rotatable bonds is 4. The number of aryl methyl sites for hydroxylation is 1. The zero-order valence-corrected chi connectivity index (χ0v) is 10.0. The van der Waals surface area contributed by atoms with E-state index in [1.54, 1.807) is 12.4 Å². The maximum absolute atomic E-state index is 9.05. The van der Waals surface area contributed by atoms with Crippen LogP contribution >= 0.6 is 0 Å². The first-order chi connectivity index (χ1) is 8.20. The van der Waals surface area contributed by atoms with Crippen molar-refractivity contribution < 1.29 is 5.11 Å². The Hall–Kier alpha value is -1.88. The van der Waals surface area contributed by atoms with Crippen molar-refractivity contribution in [3.8, 4) is 0 Å². The van der Waals surface area contributed by atoms with Crippen LogP contribution in [-0.4, -0.2) is 26.7 Å². The second-order valence-corrected chi connectivity index (χ2v) is 3.97. The normalized spacial score (nSPS) is 10.5. The van der Waals surface area contributed by atoms with Crippen molar-refractivity contribution in [1.29, 1.82) is 0 Å². The highest BCUT2D eigenvalue weighted by atomic mass is 16.3. The summed E-state index contributed by atoms with van der Waals surface area (Å²) in [6, 6.07) is 3.80. The van der Waals surface area contributed by atoms with E-state index in [1.807, 2.05) is 37.0 Å². The van der Waals surface area contributed by atoms with Gasteiger partial charge in [0, 0.05) is 38.4 Å². The van der Waals surface area contributed by atoms with Gasteiger partial charge in [-0.15, -0.1) is 0 Å². The topological polar surface area (TPSA) is 54.2 Å². The van der Waals surface area contributed by atoms with Gasteiger partial charge in [0.1, 0.15) is 5.82 Å². The highest BCUT2D eigenvalue weighted by molar-refractivity contribution is 5.45. The van der Waals surface area contributed by atoms with E-state index in [-0.39, 0.29) is 6.61 Å². The first-order valence-corrected chi connectivity index (χ1v) is 5.44. The molecule has 0 fully saturated rings. The van der Waals surface area contributed by atoms with E-state index in [9.17, 15) is 0 Å². The molecule has 0 aliphatic carbocycles. The Morgan fingerprint density at radius 2 is 2.18 bits per heavy atom. The van der Waals surface area contributed by atoms with Crippen molar-refractivity contribution in [2.24, 2.45) is 7.05 Å². The minimum atomic E-state index is -0.0376. The molecule has 0 spiro atoms. The summed E-state index contributed by atoms with van der Waals surface area (Å²) in [5.74, 6) is 0.995. The molecule has 5 nitrogen and oxygen atoms in total. The molecule has 1 N–H and O–H groups in total. The Morgan fingerprint density at radius 3 is 2.82 bits per heavy atom. The third-order valence-electron chi connectivity index (χ3n) is 2.70. The van der Waals surface area contributed by atoms with Gasteiger partial charge in [0.15, 0.2) is 0 Å². The maximum atomic E-state index is 9.05. The van der Waals surface area contributed by atoms with Gasteiger partial charge in [0.2, 0.25) is 0 Å². The highest BCUT2D eigenvalue weighted by Crippen LogP contribution is 2.15. The number of aliphatic hydroxyl groups is 1. The average Bonchev–Trinajstić information content (AvgIpc) is 2.75. The molecule has 0 aliphatic heterocycles. The molecule has 2 heterocycles. The van der Waals surface area contributed by atoms with Gasteiger partial charge in [-0.1, -0.05) is 0 Å². The van der Waals surface area contributed by atoms with Crippen LogP contribution in [0.2, 0.25) is 0 Å². The number of hydrogen-bond donors (Lipinski definition) is 1. The summed E-state index contributed by atoms with van der Waals surface area (Å²) in [7, 11) is 3.97. The van der Waals surface area contributed by atoms with Crippen molar-refractivity contribution in [3.05, 3.63) is 42.2 Å². The number of pyridine rings is 1. The summed E-state index contributed by atoms with van der Waals surface area (Å²) in [5, 5.41) is 9.05. The van der Waals surface area contributed by atoms with Crippen LogP contribution in [0, 0.1) is 0 Å². The molecular weight excluding hydrogens is 216 g/mol.